The predicted octanol–water partition coefficient (Wildman–Crippen LogP) is 4.99. The van der Waals surface area contributed by atoms with Crippen LogP contribution in [0.3, 0.4) is 0 Å². The van der Waals surface area contributed by atoms with Crippen molar-refractivity contribution in [2.75, 3.05) is 0 Å². The Balaban J connectivity index is 4.09. The first-order valence-corrected chi connectivity index (χ1v) is 6.40. The maximum Gasteiger partial charge on any atom is -0.0389 e. The summed E-state index contributed by atoms with van der Waals surface area (Å²) in [5, 5.41) is 0. The Labute approximate surface area is 91.5 Å². The molecule has 0 N–H and O–H groups in total. The van der Waals surface area contributed by atoms with Crippen molar-refractivity contribution >= 4 is 0 Å². The largest absolute Gasteiger partial charge is 0.0651 e. The Bertz CT molecular complexity index is 137. The third kappa shape index (κ3) is 4.48. The van der Waals surface area contributed by atoms with Gasteiger partial charge in [-0.15, -0.1) is 0 Å². The normalized spacial score (nSPS) is 20.6. The van der Waals surface area contributed by atoms with Crippen molar-refractivity contribution in [1.82, 2.24) is 0 Å². The quantitative estimate of drug-likeness (QED) is 0.564. The summed E-state index contributed by atoms with van der Waals surface area (Å²) in [7, 11) is 0. The van der Waals surface area contributed by atoms with Crippen LogP contribution < -0.4 is 0 Å². The molecule has 0 rings (SSSR count). The van der Waals surface area contributed by atoms with Crippen molar-refractivity contribution in [2.45, 2.75) is 61.3 Å². The van der Waals surface area contributed by atoms with Crippen molar-refractivity contribution in [3.8, 4) is 0 Å². The Morgan fingerprint density at radius 3 is 1.50 bits per heavy atom. The minimum atomic E-state index is 0.844. The maximum atomic E-state index is 2.43. The van der Waals surface area contributed by atoms with Crippen molar-refractivity contribution in [1.29, 1.82) is 0 Å². The van der Waals surface area contributed by atoms with Gasteiger partial charge in [0.05, 0.1) is 0 Å². The maximum absolute atomic E-state index is 2.43. The summed E-state index contributed by atoms with van der Waals surface area (Å²) in [4.78, 5) is 0. The average molecular weight is 198 g/mol. The van der Waals surface area contributed by atoms with E-state index in [1.165, 1.54) is 12.8 Å². The molecule has 14 heavy (non-hydrogen) atoms. The molecule has 0 amide bonds. The molecule has 0 spiro atoms. The van der Waals surface area contributed by atoms with E-state index in [-0.39, 0.29) is 0 Å². The second-order valence-corrected chi connectivity index (χ2v) is 5.71. The molecule has 0 aliphatic heterocycles. The fraction of sp³-hybridized carbons (Fsp3) is 1.00. The van der Waals surface area contributed by atoms with Gasteiger partial charge in [0.2, 0.25) is 0 Å². The van der Waals surface area contributed by atoms with Gasteiger partial charge in [-0.2, -0.15) is 0 Å². The van der Waals surface area contributed by atoms with Crippen LogP contribution in [0.5, 0.6) is 0 Å². The van der Waals surface area contributed by atoms with Crippen molar-refractivity contribution < 1.29 is 0 Å². The van der Waals surface area contributed by atoms with Crippen molar-refractivity contribution in [3.63, 3.8) is 0 Å². The highest BCUT2D eigenvalue weighted by atomic mass is 14.3. The van der Waals surface area contributed by atoms with Gasteiger partial charge in [0.15, 0.2) is 0 Å². The molecule has 0 heterocycles. The number of hydrogen-bond acceptors (Lipinski definition) is 0. The summed E-state index contributed by atoms with van der Waals surface area (Å²) in [6, 6.07) is 0. The zero-order chi connectivity index (χ0) is 11.3. The lowest BCUT2D eigenvalue weighted by molar-refractivity contribution is 0.189. The number of rotatable bonds is 6. The lowest BCUT2D eigenvalue weighted by Crippen LogP contribution is -2.23. The molecule has 0 aliphatic rings. The predicted molar refractivity (Wildman–Crippen MR) is 66.4 cm³/mol. The second kappa shape index (κ2) is 6.48. The van der Waals surface area contributed by atoms with Crippen LogP contribution in [0.1, 0.15) is 61.3 Å². The fourth-order valence-electron chi connectivity index (χ4n) is 2.37. The SMILES string of the molecule is CCC(C)C(C)C(C)C(C)CC(C)C. The Morgan fingerprint density at radius 2 is 1.14 bits per heavy atom. The lowest BCUT2D eigenvalue weighted by atomic mass is 9.75. The lowest BCUT2D eigenvalue weighted by Gasteiger charge is -2.31. The highest BCUT2D eigenvalue weighted by Crippen LogP contribution is 2.31. The molecule has 0 fully saturated rings. The first-order valence-electron chi connectivity index (χ1n) is 6.40. The summed E-state index contributed by atoms with van der Waals surface area (Å²) in [6.07, 6.45) is 2.70. The summed E-state index contributed by atoms with van der Waals surface area (Å²) in [6.45, 7) is 16.6. The van der Waals surface area contributed by atoms with E-state index in [1.54, 1.807) is 0 Å². The molecule has 0 aromatic carbocycles. The highest BCUT2D eigenvalue weighted by Gasteiger charge is 2.23. The molecule has 0 heteroatoms. The van der Waals surface area contributed by atoms with Crippen LogP contribution in [0.2, 0.25) is 0 Å². The van der Waals surface area contributed by atoms with Gasteiger partial charge in [0.1, 0.15) is 0 Å². The van der Waals surface area contributed by atoms with E-state index >= 15 is 0 Å². The third-order valence-corrected chi connectivity index (χ3v) is 4.11. The van der Waals surface area contributed by atoms with Crippen molar-refractivity contribution in [2.24, 2.45) is 29.6 Å². The molecule has 0 saturated carbocycles. The molecule has 0 nitrogen and oxygen atoms in total. The summed E-state index contributed by atoms with van der Waals surface area (Å²) < 4.78 is 0. The third-order valence-electron chi connectivity index (χ3n) is 4.11. The molecule has 0 aromatic heterocycles. The summed E-state index contributed by atoms with van der Waals surface area (Å²) in [5.74, 6) is 4.33. The van der Waals surface area contributed by atoms with Crippen LogP contribution in [-0.2, 0) is 0 Å². The van der Waals surface area contributed by atoms with E-state index < -0.39 is 0 Å². The first-order chi connectivity index (χ1) is 6.40. The van der Waals surface area contributed by atoms with E-state index in [4.69, 9.17) is 0 Å². The number of hydrogen-bond donors (Lipinski definition) is 0. The fourth-order valence-corrected chi connectivity index (χ4v) is 2.37. The zero-order valence-corrected chi connectivity index (χ0v) is 11.3. The van der Waals surface area contributed by atoms with Crippen molar-refractivity contribution in [3.05, 3.63) is 0 Å². The minimum Gasteiger partial charge on any atom is -0.0651 e. The van der Waals surface area contributed by atoms with Gasteiger partial charge in [-0.1, -0.05) is 54.9 Å². The van der Waals surface area contributed by atoms with Crippen LogP contribution in [0.25, 0.3) is 0 Å². The summed E-state index contributed by atoms with van der Waals surface area (Å²) >= 11 is 0. The summed E-state index contributed by atoms with van der Waals surface area (Å²) in [5.41, 5.74) is 0. The molecule has 0 saturated heterocycles. The van der Waals surface area contributed by atoms with Gasteiger partial charge < -0.3 is 0 Å². The molecule has 0 bridgehead atoms. The van der Waals surface area contributed by atoms with Gasteiger partial charge in [0.25, 0.3) is 0 Å². The smallest absolute Gasteiger partial charge is 0.0389 e. The molecular weight excluding hydrogens is 168 g/mol. The van der Waals surface area contributed by atoms with Crippen LogP contribution in [0.4, 0.5) is 0 Å². The van der Waals surface area contributed by atoms with Crippen LogP contribution in [-0.4, -0.2) is 0 Å². The molecular formula is C14H30. The molecule has 4 atom stereocenters. The van der Waals surface area contributed by atoms with Crippen LogP contribution >= 0.6 is 0 Å². The van der Waals surface area contributed by atoms with Crippen LogP contribution in [0, 0.1) is 29.6 Å². The second-order valence-electron chi connectivity index (χ2n) is 5.71. The van der Waals surface area contributed by atoms with Gasteiger partial charge >= 0.3 is 0 Å². The van der Waals surface area contributed by atoms with E-state index in [0.29, 0.717) is 0 Å². The standard InChI is InChI=1S/C14H30/c1-8-11(4)13(6)14(7)12(5)9-10(2)3/h10-14H,8-9H2,1-7H3. The molecule has 0 aromatic rings. The minimum absolute atomic E-state index is 0.844. The average Bonchev–Trinajstić information content (AvgIpc) is 2.13. The Kier molecular flexibility index (Phi) is 6.48. The van der Waals surface area contributed by atoms with Gasteiger partial charge in [-0.3, -0.25) is 0 Å². The molecule has 4 unspecified atom stereocenters. The van der Waals surface area contributed by atoms with E-state index in [1.807, 2.05) is 0 Å². The van der Waals surface area contributed by atoms with E-state index in [2.05, 4.69) is 48.5 Å². The molecule has 0 radical (unpaired) electrons. The first kappa shape index (κ1) is 14.0. The van der Waals surface area contributed by atoms with Gasteiger partial charge in [-0.05, 0) is 36.0 Å². The highest BCUT2D eigenvalue weighted by molar-refractivity contribution is 4.72. The van der Waals surface area contributed by atoms with Gasteiger partial charge in [0, 0.05) is 0 Å². The Hall–Kier alpha value is 0. The van der Waals surface area contributed by atoms with E-state index in [9.17, 15) is 0 Å². The zero-order valence-electron chi connectivity index (χ0n) is 11.3. The van der Waals surface area contributed by atoms with E-state index in [0.717, 1.165) is 29.6 Å². The van der Waals surface area contributed by atoms with Gasteiger partial charge in [-0.25, -0.2) is 0 Å². The molecule has 86 valence electrons. The monoisotopic (exact) mass is 198 g/mol. The Morgan fingerprint density at radius 1 is 0.714 bits per heavy atom. The van der Waals surface area contributed by atoms with Crippen LogP contribution in [0.15, 0.2) is 0 Å². The topological polar surface area (TPSA) is 0 Å². The molecule has 0 aliphatic carbocycles.